The number of halogens is 2. The van der Waals surface area contributed by atoms with Crippen molar-refractivity contribution in [3.63, 3.8) is 0 Å². The van der Waals surface area contributed by atoms with Crippen molar-refractivity contribution >= 4 is 11.9 Å². The van der Waals surface area contributed by atoms with Gasteiger partial charge in [-0.1, -0.05) is 0 Å². The molecule has 0 aromatic heterocycles. The van der Waals surface area contributed by atoms with Crippen molar-refractivity contribution in [3.8, 4) is 0 Å². The maximum atomic E-state index is 11.7. The Hall–Kier alpha value is -1.28. The van der Waals surface area contributed by atoms with E-state index < -0.39 is 37.1 Å². The normalized spacial score (nSPS) is 23.3. The van der Waals surface area contributed by atoms with Gasteiger partial charge in [0.05, 0.1) is 6.61 Å². The van der Waals surface area contributed by atoms with E-state index in [2.05, 4.69) is 10.1 Å². The summed E-state index contributed by atoms with van der Waals surface area (Å²) in [4.78, 5) is 22.1. The number of hydrogen-bond acceptors (Lipinski definition) is 4. The van der Waals surface area contributed by atoms with Gasteiger partial charge in [0, 0.05) is 6.54 Å². The summed E-state index contributed by atoms with van der Waals surface area (Å²) in [6.07, 6.45) is -3.65. The third-order valence-electron chi connectivity index (χ3n) is 2.38. The fourth-order valence-electron chi connectivity index (χ4n) is 1.54. The number of carboxylic acid groups (broad SMARTS) is 1. The lowest BCUT2D eigenvalue weighted by Crippen LogP contribution is -2.37. The first kappa shape index (κ1) is 14.8. The van der Waals surface area contributed by atoms with Gasteiger partial charge < -0.3 is 19.9 Å². The van der Waals surface area contributed by atoms with Gasteiger partial charge in [-0.25, -0.2) is 13.6 Å². The standard InChI is InChI=1S/C10H15F2NO5/c11-8(12)5-17-4-3-13-9(14)6-1-2-7(18-6)10(15)16/h6-8H,1-5H2,(H,13,14)(H,15,16)/t6-,7+/m0/s1. The molecule has 0 aromatic rings. The Labute approximate surface area is 102 Å². The quantitative estimate of drug-likeness (QED) is 0.635. The second kappa shape index (κ2) is 7.22. The molecule has 0 unspecified atom stereocenters. The summed E-state index contributed by atoms with van der Waals surface area (Å²) in [5.41, 5.74) is 0. The molecule has 6 nitrogen and oxygen atoms in total. The number of nitrogens with one attached hydrogen (secondary N) is 1. The Morgan fingerprint density at radius 1 is 1.39 bits per heavy atom. The van der Waals surface area contributed by atoms with Gasteiger partial charge in [-0.15, -0.1) is 0 Å². The summed E-state index contributed by atoms with van der Waals surface area (Å²) in [7, 11) is 0. The van der Waals surface area contributed by atoms with Crippen LogP contribution in [0.4, 0.5) is 8.78 Å². The second-order valence-corrected chi connectivity index (χ2v) is 3.79. The highest BCUT2D eigenvalue weighted by Gasteiger charge is 2.34. The molecule has 0 bridgehead atoms. The van der Waals surface area contributed by atoms with Crippen LogP contribution in [0.15, 0.2) is 0 Å². The summed E-state index contributed by atoms with van der Waals surface area (Å²) in [6, 6.07) is 0. The highest BCUT2D eigenvalue weighted by atomic mass is 19.3. The van der Waals surface area contributed by atoms with Gasteiger partial charge in [-0.05, 0) is 12.8 Å². The molecule has 0 radical (unpaired) electrons. The fraction of sp³-hybridized carbons (Fsp3) is 0.800. The van der Waals surface area contributed by atoms with Crippen molar-refractivity contribution in [3.05, 3.63) is 0 Å². The number of carbonyl (C=O) groups is 2. The van der Waals surface area contributed by atoms with Crippen molar-refractivity contribution < 1.29 is 33.0 Å². The Balaban J connectivity index is 2.12. The van der Waals surface area contributed by atoms with Gasteiger partial charge in [0.1, 0.15) is 12.7 Å². The Kier molecular flexibility index (Phi) is 5.93. The number of rotatable bonds is 7. The predicted octanol–water partition coefficient (Wildman–Crippen LogP) is 0.0165. The van der Waals surface area contributed by atoms with E-state index in [1.807, 2.05) is 0 Å². The van der Waals surface area contributed by atoms with Gasteiger partial charge >= 0.3 is 5.97 Å². The summed E-state index contributed by atoms with van der Waals surface area (Å²) < 4.78 is 33.0. The average Bonchev–Trinajstić information content (AvgIpc) is 2.77. The van der Waals surface area contributed by atoms with E-state index >= 15 is 0 Å². The third kappa shape index (κ3) is 4.92. The molecule has 104 valence electrons. The van der Waals surface area contributed by atoms with E-state index in [1.165, 1.54) is 0 Å². The lowest BCUT2D eigenvalue weighted by molar-refractivity contribution is -0.151. The van der Waals surface area contributed by atoms with Gasteiger partial charge in [-0.2, -0.15) is 0 Å². The van der Waals surface area contributed by atoms with Crippen LogP contribution in [0.5, 0.6) is 0 Å². The van der Waals surface area contributed by atoms with Gasteiger partial charge in [-0.3, -0.25) is 4.79 Å². The van der Waals surface area contributed by atoms with Crippen molar-refractivity contribution in [1.82, 2.24) is 5.32 Å². The number of aliphatic carboxylic acids is 1. The summed E-state index contributed by atoms with van der Waals surface area (Å²) in [6.45, 7) is -0.606. The van der Waals surface area contributed by atoms with Gasteiger partial charge in [0.15, 0.2) is 6.10 Å². The first-order chi connectivity index (χ1) is 8.50. The Morgan fingerprint density at radius 2 is 2.06 bits per heavy atom. The first-order valence-electron chi connectivity index (χ1n) is 5.52. The second-order valence-electron chi connectivity index (χ2n) is 3.79. The fourth-order valence-corrected chi connectivity index (χ4v) is 1.54. The minimum absolute atomic E-state index is 0.0227. The number of carboxylic acids is 1. The molecular weight excluding hydrogens is 252 g/mol. The number of amides is 1. The first-order valence-corrected chi connectivity index (χ1v) is 5.52. The van der Waals surface area contributed by atoms with Crippen LogP contribution in [-0.4, -0.2) is 55.4 Å². The van der Waals surface area contributed by atoms with E-state index in [1.54, 1.807) is 0 Å². The van der Waals surface area contributed by atoms with Crippen LogP contribution in [0.2, 0.25) is 0 Å². The number of alkyl halides is 2. The molecule has 1 rings (SSSR count). The van der Waals surface area contributed by atoms with Crippen molar-refractivity contribution in [2.24, 2.45) is 0 Å². The molecular formula is C10H15F2NO5. The van der Waals surface area contributed by atoms with E-state index in [9.17, 15) is 18.4 Å². The highest BCUT2D eigenvalue weighted by molar-refractivity contribution is 5.82. The maximum absolute atomic E-state index is 11.7. The highest BCUT2D eigenvalue weighted by Crippen LogP contribution is 2.19. The minimum Gasteiger partial charge on any atom is -0.479 e. The smallest absolute Gasteiger partial charge is 0.332 e. The Morgan fingerprint density at radius 3 is 2.61 bits per heavy atom. The summed E-state index contributed by atoms with van der Waals surface area (Å²) >= 11 is 0. The van der Waals surface area contributed by atoms with E-state index in [0.29, 0.717) is 6.42 Å². The molecule has 1 amide bonds. The van der Waals surface area contributed by atoms with Crippen LogP contribution >= 0.6 is 0 Å². The number of ether oxygens (including phenoxy) is 2. The number of hydrogen-bond donors (Lipinski definition) is 2. The van der Waals surface area contributed by atoms with Crippen molar-refractivity contribution in [1.29, 1.82) is 0 Å². The van der Waals surface area contributed by atoms with Gasteiger partial charge in [0.2, 0.25) is 5.91 Å². The van der Waals surface area contributed by atoms with Gasteiger partial charge in [0.25, 0.3) is 6.43 Å². The van der Waals surface area contributed by atoms with Crippen LogP contribution in [0.25, 0.3) is 0 Å². The Bertz CT molecular complexity index is 300. The lowest BCUT2D eigenvalue weighted by Gasteiger charge is -2.11. The lowest BCUT2D eigenvalue weighted by atomic mass is 10.2. The number of carbonyl (C=O) groups excluding carboxylic acids is 1. The molecule has 0 aromatic carbocycles. The zero-order chi connectivity index (χ0) is 13.5. The molecule has 2 N–H and O–H groups in total. The molecule has 1 fully saturated rings. The molecule has 1 saturated heterocycles. The zero-order valence-corrected chi connectivity index (χ0v) is 9.60. The largest absolute Gasteiger partial charge is 0.479 e. The van der Waals surface area contributed by atoms with Crippen LogP contribution in [-0.2, 0) is 19.1 Å². The van der Waals surface area contributed by atoms with Crippen LogP contribution in [0.3, 0.4) is 0 Å². The average molecular weight is 267 g/mol. The predicted molar refractivity (Wildman–Crippen MR) is 55.4 cm³/mol. The maximum Gasteiger partial charge on any atom is 0.332 e. The monoisotopic (exact) mass is 267 g/mol. The molecule has 1 heterocycles. The van der Waals surface area contributed by atoms with Crippen LogP contribution in [0.1, 0.15) is 12.8 Å². The van der Waals surface area contributed by atoms with Crippen LogP contribution < -0.4 is 5.32 Å². The molecule has 1 aliphatic heterocycles. The molecule has 8 heteroatoms. The van der Waals surface area contributed by atoms with E-state index in [0.717, 1.165) is 0 Å². The SMILES string of the molecule is O=C(NCCOCC(F)F)[C@@H]1CC[C@H](C(=O)O)O1. The topological polar surface area (TPSA) is 84.9 Å². The molecule has 0 spiro atoms. The summed E-state index contributed by atoms with van der Waals surface area (Å²) in [5.74, 6) is -1.54. The summed E-state index contributed by atoms with van der Waals surface area (Å²) in [5, 5.41) is 11.1. The molecule has 0 aliphatic carbocycles. The third-order valence-corrected chi connectivity index (χ3v) is 2.38. The molecule has 2 atom stereocenters. The molecule has 0 saturated carbocycles. The molecule has 1 aliphatic rings. The van der Waals surface area contributed by atoms with Crippen LogP contribution in [0, 0.1) is 0 Å². The van der Waals surface area contributed by atoms with Crippen molar-refractivity contribution in [2.45, 2.75) is 31.5 Å². The van der Waals surface area contributed by atoms with E-state index in [-0.39, 0.29) is 19.6 Å². The molecule has 18 heavy (non-hydrogen) atoms. The van der Waals surface area contributed by atoms with Crippen molar-refractivity contribution in [2.75, 3.05) is 19.8 Å². The van der Waals surface area contributed by atoms with E-state index in [4.69, 9.17) is 9.84 Å². The zero-order valence-electron chi connectivity index (χ0n) is 9.60. The minimum atomic E-state index is -2.53.